The Morgan fingerprint density at radius 2 is 1.85 bits per heavy atom. The predicted molar refractivity (Wildman–Crippen MR) is 82.4 cm³/mol. The Kier molecular flexibility index (Phi) is 2.57. The SMILES string of the molecule is c1ccc2c(Nc3ccc4scnc4c3)ncnc2c1. The van der Waals surface area contributed by atoms with E-state index in [9.17, 15) is 0 Å². The first-order chi connectivity index (χ1) is 9.90. The van der Waals surface area contributed by atoms with Crippen LogP contribution in [-0.2, 0) is 0 Å². The van der Waals surface area contributed by atoms with Gasteiger partial charge in [0.05, 0.1) is 21.2 Å². The number of para-hydroxylation sites is 1. The Bertz CT molecular complexity index is 895. The number of nitrogens with zero attached hydrogens (tertiary/aromatic N) is 3. The van der Waals surface area contributed by atoms with Crippen LogP contribution in [0.5, 0.6) is 0 Å². The third-order valence-corrected chi connectivity index (χ3v) is 3.95. The summed E-state index contributed by atoms with van der Waals surface area (Å²) in [6, 6.07) is 14.1. The molecule has 5 heteroatoms. The van der Waals surface area contributed by atoms with E-state index >= 15 is 0 Å². The van der Waals surface area contributed by atoms with Crippen molar-refractivity contribution in [3.63, 3.8) is 0 Å². The summed E-state index contributed by atoms with van der Waals surface area (Å²) < 4.78 is 1.18. The molecule has 2 aromatic carbocycles. The summed E-state index contributed by atoms with van der Waals surface area (Å²) in [5.74, 6) is 0.810. The Hall–Kier alpha value is -2.53. The third-order valence-electron chi connectivity index (χ3n) is 3.14. The number of fused-ring (bicyclic) bond motifs is 2. The van der Waals surface area contributed by atoms with Crippen molar-refractivity contribution in [1.82, 2.24) is 15.0 Å². The van der Waals surface area contributed by atoms with Crippen molar-refractivity contribution in [2.24, 2.45) is 0 Å². The van der Waals surface area contributed by atoms with Crippen LogP contribution >= 0.6 is 11.3 Å². The molecule has 4 rings (SSSR count). The van der Waals surface area contributed by atoms with Crippen LogP contribution in [0.25, 0.3) is 21.1 Å². The standard InChI is InChI=1S/C15H10N4S/c1-2-4-12-11(3-1)15(17-8-16-12)19-10-5-6-14-13(7-10)18-9-20-14/h1-9H,(H,16,17,19). The smallest absolute Gasteiger partial charge is 0.141 e. The predicted octanol–water partition coefficient (Wildman–Crippen LogP) is 3.98. The van der Waals surface area contributed by atoms with Gasteiger partial charge in [0.15, 0.2) is 0 Å². The molecule has 0 fully saturated rings. The van der Waals surface area contributed by atoms with Gasteiger partial charge in [-0.15, -0.1) is 11.3 Å². The monoisotopic (exact) mass is 278 g/mol. The Labute approximate surface area is 119 Å². The second-order valence-corrected chi connectivity index (χ2v) is 5.29. The minimum atomic E-state index is 0.810. The average Bonchev–Trinajstić information content (AvgIpc) is 2.95. The quantitative estimate of drug-likeness (QED) is 0.602. The van der Waals surface area contributed by atoms with Gasteiger partial charge in [0.1, 0.15) is 12.1 Å². The fourth-order valence-corrected chi connectivity index (χ4v) is 2.84. The fraction of sp³-hybridized carbons (Fsp3) is 0. The lowest BCUT2D eigenvalue weighted by molar-refractivity contribution is 1.22. The maximum absolute atomic E-state index is 4.33. The molecule has 4 nitrogen and oxygen atoms in total. The first-order valence-electron chi connectivity index (χ1n) is 6.20. The molecule has 0 bridgehead atoms. The molecule has 1 N–H and O–H groups in total. The van der Waals surface area contributed by atoms with Gasteiger partial charge in [-0.2, -0.15) is 0 Å². The summed E-state index contributed by atoms with van der Waals surface area (Å²) >= 11 is 1.64. The molecule has 4 aromatic rings. The van der Waals surface area contributed by atoms with Gasteiger partial charge in [-0.3, -0.25) is 0 Å². The van der Waals surface area contributed by atoms with E-state index in [0.29, 0.717) is 0 Å². The van der Waals surface area contributed by atoms with Crippen molar-refractivity contribution < 1.29 is 0 Å². The lowest BCUT2D eigenvalue weighted by Crippen LogP contribution is -1.95. The van der Waals surface area contributed by atoms with Gasteiger partial charge < -0.3 is 5.32 Å². The molecule has 0 amide bonds. The van der Waals surface area contributed by atoms with E-state index in [1.54, 1.807) is 17.7 Å². The van der Waals surface area contributed by atoms with Crippen LogP contribution < -0.4 is 5.32 Å². The molecule has 0 aliphatic heterocycles. The number of benzene rings is 2. The van der Waals surface area contributed by atoms with Crippen LogP contribution in [0.2, 0.25) is 0 Å². The highest BCUT2D eigenvalue weighted by molar-refractivity contribution is 7.16. The lowest BCUT2D eigenvalue weighted by atomic mass is 10.2. The molecule has 0 spiro atoms. The van der Waals surface area contributed by atoms with Gasteiger partial charge in [-0.05, 0) is 30.3 Å². The second-order valence-electron chi connectivity index (χ2n) is 4.40. The normalized spacial score (nSPS) is 11.0. The maximum atomic E-state index is 4.33. The van der Waals surface area contributed by atoms with E-state index in [2.05, 4.69) is 26.3 Å². The zero-order valence-electron chi connectivity index (χ0n) is 10.4. The largest absolute Gasteiger partial charge is 0.340 e. The number of anilines is 2. The number of hydrogen-bond acceptors (Lipinski definition) is 5. The van der Waals surface area contributed by atoms with Crippen molar-refractivity contribution in [3.05, 3.63) is 54.3 Å². The molecule has 2 aromatic heterocycles. The van der Waals surface area contributed by atoms with Crippen molar-refractivity contribution in [2.45, 2.75) is 0 Å². The van der Waals surface area contributed by atoms with Crippen LogP contribution in [0, 0.1) is 0 Å². The third kappa shape index (κ3) is 1.88. The van der Waals surface area contributed by atoms with Crippen LogP contribution in [0.1, 0.15) is 0 Å². The minimum Gasteiger partial charge on any atom is -0.340 e. The summed E-state index contributed by atoms with van der Waals surface area (Å²) in [4.78, 5) is 12.9. The molecular formula is C15H10N4S. The molecule has 0 radical (unpaired) electrons. The summed E-state index contributed by atoms with van der Waals surface area (Å²) in [5.41, 5.74) is 4.76. The van der Waals surface area contributed by atoms with Crippen molar-refractivity contribution in [1.29, 1.82) is 0 Å². The molecule has 0 atom stereocenters. The number of aromatic nitrogens is 3. The maximum Gasteiger partial charge on any atom is 0.141 e. The highest BCUT2D eigenvalue weighted by Gasteiger charge is 2.04. The van der Waals surface area contributed by atoms with Crippen molar-refractivity contribution in [2.75, 3.05) is 5.32 Å². The number of nitrogens with one attached hydrogen (secondary N) is 1. The molecule has 0 aliphatic rings. The molecule has 20 heavy (non-hydrogen) atoms. The Morgan fingerprint density at radius 3 is 2.85 bits per heavy atom. The van der Waals surface area contributed by atoms with Gasteiger partial charge in [-0.25, -0.2) is 15.0 Å². The minimum absolute atomic E-state index is 0.810. The highest BCUT2D eigenvalue weighted by atomic mass is 32.1. The van der Waals surface area contributed by atoms with E-state index < -0.39 is 0 Å². The van der Waals surface area contributed by atoms with Crippen LogP contribution in [-0.4, -0.2) is 15.0 Å². The van der Waals surface area contributed by atoms with Gasteiger partial charge in [0, 0.05) is 11.1 Å². The van der Waals surface area contributed by atoms with E-state index in [4.69, 9.17) is 0 Å². The second kappa shape index (κ2) is 4.54. The molecule has 96 valence electrons. The summed E-state index contributed by atoms with van der Waals surface area (Å²) in [6.07, 6.45) is 1.58. The van der Waals surface area contributed by atoms with Gasteiger partial charge >= 0.3 is 0 Å². The number of rotatable bonds is 2. The summed E-state index contributed by atoms with van der Waals surface area (Å²) in [7, 11) is 0. The lowest BCUT2D eigenvalue weighted by Gasteiger charge is -2.08. The summed E-state index contributed by atoms with van der Waals surface area (Å²) in [6.45, 7) is 0. The van der Waals surface area contributed by atoms with Crippen LogP contribution in [0.4, 0.5) is 11.5 Å². The summed E-state index contributed by atoms with van der Waals surface area (Å²) in [5, 5.41) is 4.35. The topological polar surface area (TPSA) is 50.7 Å². The van der Waals surface area contributed by atoms with E-state index in [1.165, 1.54) is 4.70 Å². The molecule has 2 heterocycles. The van der Waals surface area contributed by atoms with Crippen LogP contribution in [0.3, 0.4) is 0 Å². The van der Waals surface area contributed by atoms with Gasteiger partial charge in [-0.1, -0.05) is 12.1 Å². The van der Waals surface area contributed by atoms with Gasteiger partial charge in [0.2, 0.25) is 0 Å². The van der Waals surface area contributed by atoms with Crippen LogP contribution in [0.15, 0.2) is 54.3 Å². The fourth-order valence-electron chi connectivity index (χ4n) is 2.18. The Morgan fingerprint density at radius 1 is 0.900 bits per heavy atom. The molecule has 0 aliphatic carbocycles. The zero-order chi connectivity index (χ0) is 13.4. The van der Waals surface area contributed by atoms with E-state index in [0.717, 1.165) is 27.9 Å². The average molecular weight is 278 g/mol. The van der Waals surface area contributed by atoms with Crippen molar-refractivity contribution >= 4 is 44.0 Å². The Balaban J connectivity index is 1.80. The molecule has 0 unspecified atom stereocenters. The zero-order valence-corrected chi connectivity index (χ0v) is 11.3. The van der Waals surface area contributed by atoms with E-state index in [-0.39, 0.29) is 0 Å². The molecule has 0 saturated heterocycles. The van der Waals surface area contributed by atoms with Crippen molar-refractivity contribution in [3.8, 4) is 0 Å². The first kappa shape index (κ1) is 11.3. The van der Waals surface area contributed by atoms with E-state index in [1.807, 2.05) is 41.9 Å². The number of thiazole rings is 1. The molecule has 0 saturated carbocycles. The highest BCUT2D eigenvalue weighted by Crippen LogP contribution is 2.26. The first-order valence-corrected chi connectivity index (χ1v) is 7.08. The van der Waals surface area contributed by atoms with Gasteiger partial charge in [0.25, 0.3) is 0 Å². The number of hydrogen-bond donors (Lipinski definition) is 1. The molecular weight excluding hydrogens is 268 g/mol.